The van der Waals surface area contributed by atoms with E-state index in [1.54, 1.807) is 18.2 Å². The van der Waals surface area contributed by atoms with Crippen LogP contribution >= 0.6 is 50.3 Å². The Morgan fingerprint density at radius 3 is 2.63 bits per heavy atom. The fraction of sp³-hybridized carbons (Fsp3) is 0.158. The van der Waals surface area contributed by atoms with E-state index in [9.17, 15) is 14.7 Å². The number of thioether (sulfide) groups is 1. The Kier molecular flexibility index (Phi) is 6.48. The highest BCUT2D eigenvalue weighted by atomic mass is 127. The zero-order valence-corrected chi connectivity index (χ0v) is 18.8. The Morgan fingerprint density at radius 2 is 1.96 bits per heavy atom. The smallest absolute Gasteiger partial charge is 0.293 e. The van der Waals surface area contributed by atoms with Crippen LogP contribution in [0, 0.1) is 3.57 Å². The quantitative estimate of drug-likeness (QED) is 0.393. The highest BCUT2D eigenvalue weighted by Gasteiger charge is 2.35. The number of imide groups is 1. The molecule has 2 aromatic carbocycles. The fourth-order valence-electron chi connectivity index (χ4n) is 2.50. The predicted molar refractivity (Wildman–Crippen MR) is 118 cm³/mol. The van der Waals surface area contributed by atoms with Gasteiger partial charge in [-0.15, -0.1) is 0 Å². The summed E-state index contributed by atoms with van der Waals surface area (Å²) in [5.74, 6) is -0.0113. The number of rotatable bonds is 5. The monoisotopic (exact) mass is 559 g/mol. The SMILES string of the molecule is CCOc1cc(/C=C2\SC(=O)N(Cc3ccc(I)cc3)C2=O)cc(Br)c1O. The molecule has 27 heavy (non-hydrogen) atoms. The highest BCUT2D eigenvalue weighted by molar-refractivity contribution is 14.1. The van der Waals surface area contributed by atoms with Crippen LogP contribution in [0.3, 0.4) is 0 Å². The van der Waals surface area contributed by atoms with E-state index < -0.39 is 0 Å². The minimum Gasteiger partial charge on any atom is -0.503 e. The van der Waals surface area contributed by atoms with Gasteiger partial charge in [0.15, 0.2) is 11.5 Å². The zero-order chi connectivity index (χ0) is 19.6. The van der Waals surface area contributed by atoms with Crippen molar-refractivity contribution in [2.75, 3.05) is 6.61 Å². The molecule has 1 fully saturated rings. The van der Waals surface area contributed by atoms with Gasteiger partial charge in [-0.05, 0) is 98.7 Å². The van der Waals surface area contributed by atoms with E-state index in [1.807, 2.05) is 31.2 Å². The fourth-order valence-corrected chi connectivity index (χ4v) is 4.16. The van der Waals surface area contributed by atoms with Crippen LogP contribution in [0.2, 0.25) is 0 Å². The number of ether oxygens (including phenoxy) is 1. The molecule has 0 aromatic heterocycles. The molecular formula is C19H15BrINO4S. The molecule has 5 nitrogen and oxygen atoms in total. The summed E-state index contributed by atoms with van der Waals surface area (Å²) in [4.78, 5) is 26.5. The van der Waals surface area contributed by atoms with Crippen molar-refractivity contribution in [1.82, 2.24) is 4.90 Å². The van der Waals surface area contributed by atoms with Crippen LogP contribution in [0.1, 0.15) is 18.1 Å². The van der Waals surface area contributed by atoms with Crippen molar-refractivity contribution < 1.29 is 19.4 Å². The summed E-state index contributed by atoms with van der Waals surface area (Å²) in [5.41, 5.74) is 1.55. The van der Waals surface area contributed by atoms with Gasteiger partial charge in [0.25, 0.3) is 11.1 Å². The molecular weight excluding hydrogens is 545 g/mol. The van der Waals surface area contributed by atoms with Crippen molar-refractivity contribution in [3.63, 3.8) is 0 Å². The Labute approximate surface area is 183 Å². The first kappa shape index (κ1) is 20.2. The van der Waals surface area contributed by atoms with Gasteiger partial charge in [0.2, 0.25) is 0 Å². The maximum absolute atomic E-state index is 12.7. The maximum atomic E-state index is 12.7. The number of carbonyl (C=O) groups excluding carboxylic acids is 2. The van der Waals surface area contributed by atoms with Crippen LogP contribution < -0.4 is 4.74 Å². The number of phenols is 1. The molecule has 0 aliphatic carbocycles. The average Bonchev–Trinajstić information content (AvgIpc) is 2.88. The third kappa shape index (κ3) is 4.67. The summed E-state index contributed by atoms with van der Waals surface area (Å²) >= 11 is 6.39. The van der Waals surface area contributed by atoms with Gasteiger partial charge in [-0.1, -0.05) is 12.1 Å². The van der Waals surface area contributed by atoms with Gasteiger partial charge in [-0.3, -0.25) is 14.5 Å². The lowest BCUT2D eigenvalue weighted by Gasteiger charge is -2.12. The Morgan fingerprint density at radius 1 is 1.26 bits per heavy atom. The molecule has 1 saturated heterocycles. The van der Waals surface area contributed by atoms with Gasteiger partial charge in [0, 0.05) is 3.57 Å². The number of nitrogens with zero attached hydrogens (tertiary/aromatic N) is 1. The molecule has 2 aromatic rings. The minimum atomic E-state index is -0.328. The summed E-state index contributed by atoms with van der Waals surface area (Å²) in [6.07, 6.45) is 1.63. The van der Waals surface area contributed by atoms with Gasteiger partial charge in [0.1, 0.15) is 0 Å². The number of carbonyl (C=O) groups is 2. The lowest BCUT2D eigenvalue weighted by molar-refractivity contribution is -0.123. The minimum absolute atomic E-state index is 0.000754. The second kappa shape index (κ2) is 8.66. The Bertz CT molecular complexity index is 930. The summed E-state index contributed by atoms with van der Waals surface area (Å²) in [5, 5.41) is 9.71. The number of aromatic hydroxyl groups is 1. The third-order valence-electron chi connectivity index (χ3n) is 3.78. The molecule has 1 heterocycles. The number of halogens is 2. The van der Waals surface area contributed by atoms with Gasteiger partial charge >= 0.3 is 0 Å². The number of amides is 2. The Balaban J connectivity index is 1.85. The standard InChI is InChI=1S/C19H15BrINO4S/c1-2-26-15-8-12(7-14(20)17(15)23)9-16-18(24)22(19(25)27-16)10-11-3-5-13(21)6-4-11/h3-9,23H,2,10H2,1H3/b16-9-. The van der Waals surface area contributed by atoms with Gasteiger partial charge in [-0.2, -0.15) is 0 Å². The first-order valence-corrected chi connectivity index (χ1v) is 10.7. The van der Waals surface area contributed by atoms with Crippen molar-refractivity contribution in [2.45, 2.75) is 13.5 Å². The molecule has 0 radical (unpaired) electrons. The van der Waals surface area contributed by atoms with Gasteiger partial charge < -0.3 is 9.84 Å². The van der Waals surface area contributed by atoms with E-state index in [0.29, 0.717) is 27.3 Å². The van der Waals surface area contributed by atoms with Crippen molar-refractivity contribution in [2.24, 2.45) is 0 Å². The highest BCUT2D eigenvalue weighted by Crippen LogP contribution is 2.38. The number of hydrogen-bond acceptors (Lipinski definition) is 5. The van der Waals surface area contributed by atoms with Crippen LogP contribution in [0.15, 0.2) is 45.8 Å². The first-order chi connectivity index (χ1) is 12.9. The third-order valence-corrected chi connectivity index (χ3v) is 6.01. The number of phenolic OH excluding ortho intramolecular Hbond substituents is 1. The molecule has 0 saturated carbocycles. The molecule has 1 aliphatic rings. The number of hydrogen-bond donors (Lipinski definition) is 1. The summed E-state index contributed by atoms with van der Waals surface area (Å²) in [7, 11) is 0. The molecule has 3 rings (SSSR count). The maximum Gasteiger partial charge on any atom is 0.293 e. The van der Waals surface area contributed by atoms with E-state index in [0.717, 1.165) is 20.9 Å². The van der Waals surface area contributed by atoms with Crippen molar-refractivity contribution in [3.05, 3.63) is 60.5 Å². The van der Waals surface area contributed by atoms with Crippen LogP contribution in [0.4, 0.5) is 4.79 Å². The molecule has 8 heteroatoms. The largest absolute Gasteiger partial charge is 0.503 e. The molecule has 0 unspecified atom stereocenters. The number of benzene rings is 2. The van der Waals surface area contributed by atoms with Gasteiger partial charge in [-0.25, -0.2) is 0 Å². The van der Waals surface area contributed by atoms with E-state index in [4.69, 9.17) is 4.74 Å². The van der Waals surface area contributed by atoms with E-state index in [1.165, 1.54) is 4.90 Å². The summed E-state index contributed by atoms with van der Waals surface area (Å²) in [6, 6.07) is 11.0. The van der Waals surface area contributed by atoms with E-state index >= 15 is 0 Å². The molecule has 1 N–H and O–H groups in total. The van der Waals surface area contributed by atoms with Crippen LogP contribution in [0.5, 0.6) is 11.5 Å². The molecule has 0 bridgehead atoms. The van der Waals surface area contributed by atoms with Crippen molar-refractivity contribution in [1.29, 1.82) is 0 Å². The second-order valence-electron chi connectivity index (χ2n) is 5.68. The summed E-state index contributed by atoms with van der Waals surface area (Å²) < 4.78 is 6.95. The predicted octanol–water partition coefficient (Wildman–Crippen LogP) is 5.39. The zero-order valence-electron chi connectivity index (χ0n) is 14.2. The normalized spacial score (nSPS) is 15.7. The van der Waals surface area contributed by atoms with Gasteiger partial charge in [0.05, 0.1) is 22.5 Å². The summed E-state index contributed by atoms with van der Waals surface area (Å²) in [6.45, 7) is 2.45. The molecule has 2 amide bonds. The topological polar surface area (TPSA) is 66.8 Å². The molecule has 0 spiro atoms. The van der Waals surface area contributed by atoms with Crippen LogP contribution in [-0.4, -0.2) is 27.8 Å². The molecule has 1 aliphatic heterocycles. The lowest BCUT2D eigenvalue weighted by Crippen LogP contribution is -2.27. The van der Waals surface area contributed by atoms with Crippen LogP contribution in [0.25, 0.3) is 6.08 Å². The lowest BCUT2D eigenvalue weighted by atomic mass is 10.1. The second-order valence-corrected chi connectivity index (χ2v) is 8.77. The molecule has 140 valence electrons. The van der Waals surface area contributed by atoms with Crippen molar-refractivity contribution in [3.8, 4) is 11.5 Å². The Hall–Kier alpha value is -1.52. The van der Waals surface area contributed by atoms with E-state index in [2.05, 4.69) is 38.5 Å². The van der Waals surface area contributed by atoms with Crippen molar-refractivity contribution >= 4 is 67.5 Å². The van der Waals surface area contributed by atoms with Crippen LogP contribution in [-0.2, 0) is 11.3 Å². The van der Waals surface area contributed by atoms with E-state index in [-0.39, 0.29) is 23.4 Å². The first-order valence-electron chi connectivity index (χ1n) is 8.04. The molecule has 0 atom stereocenters. The average molecular weight is 560 g/mol.